The molecule has 10 heteroatoms. The average Bonchev–Trinajstić information content (AvgIpc) is 2.57. The molecule has 22 heavy (non-hydrogen) atoms. The summed E-state index contributed by atoms with van der Waals surface area (Å²) in [6.45, 7) is 2.94. The quantitative estimate of drug-likeness (QED) is 0.835. The van der Waals surface area contributed by atoms with Gasteiger partial charge in [-0.05, 0) is 38.1 Å². The van der Waals surface area contributed by atoms with Gasteiger partial charge in [-0.2, -0.15) is 13.2 Å². The fraction of sp³-hybridized carbons (Fsp3) is 0.333. The largest absolute Gasteiger partial charge is 0.501 e. The number of hydrogen-bond donors (Lipinski definition) is 1. The number of anilines is 1. The molecule has 1 aromatic rings. The number of hydrogen-bond acceptors (Lipinski definition) is 4. The summed E-state index contributed by atoms with van der Waals surface area (Å²) in [6, 6.07) is 2.60. The number of rotatable bonds is 2. The molecule has 6 nitrogen and oxygen atoms in total. The summed E-state index contributed by atoms with van der Waals surface area (Å²) in [7, 11) is -5.47. The minimum absolute atomic E-state index is 0.0193. The Morgan fingerprint density at radius 2 is 1.59 bits per heavy atom. The van der Waals surface area contributed by atoms with E-state index in [0.717, 1.165) is 17.0 Å². The second-order valence-electron chi connectivity index (χ2n) is 5.14. The standard InChI is InChI=1S/C12H11F3N2O4S/c1-11(2)9(18)17(10(19)16-11)7-3-5-8(6-4-7)22(20,21)12(13,14)15/h3-6H,1-2H3,(H,16,19). The number of alkyl halides is 3. The van der Waals surface area contributed by atoms with E-state index in [-0.39, 0.29) is 5.69 Å². The monoisotopic (exact) mass is 336 g/mol. The lowest BCUT2D eigenvalue weighted by Crippen LogP contribution is -2.40. The summed E-state index contributed by atoms with van der Waals surface area (Å²) in [5.74, 6) is -0.594. The van der Waals surface area contributed by atoms with Crippen molar-refractivity contribution in [2.75, 3.05) is 4.90 Å². The third-order valence-electron chi connectivity index (χ3n) is 3.07. The fourth-order valence-electron chi connectivity index (χ4n) is 1.89. The van der Waals surface area contributed by atoms with Gasteiger partial charge in [0.2, 0.25) is 0 Å². The van der Waals surface area contributed by atoms with Crippen molar-refractivity contribution in [2.24, 2.45) is 0 Å². The summed E-state index contributed by atoms with van der Waals surface area (Å²) in [6.07, 6.45) is 0. The molecule has 1 saturated heterocycles. The lowest BCUT2D eigenvalue weighted by Gasteiger charge is -2.16. The number of amides is 3. The van der Waals surface area contributed by atoms with Crippen LogP contribution in [0.2, 0.25) is 0 Å². The first-order valence-electron chi connectivity index (χ1n) is 5.96. The van der Waals surface area contributed by atoms with E-state index in [4.69, 9.17) is 0 Å². The summed E-state index contributed by atoms with van der Waals surface area (Å²) >= 11 is 0. The van der Waals surface area contributed by atoms with Crippen LogP contribution in [0.15, 0.2) is 29.2 Å². The smallest absolute Gasteiger partial charge is 0.323 e. The average molecular weight is 336 g/mol. The van der Waals surface area contributed by atoms with Crippen LogP contribution >= 0.6 is 0 Å². The van der Waals surface area contributed by atoms with Crippen LogP contribution in [-0.2, 0) is 14.6 Å². The maximum absolute atomic E-state index is 12.4. The van der Waals surface area contributed by atoms with Crippen molar-refractivity contribution < 1.29 is 31.2 Å². The Hall–Kier alpha value is -2.10. The van der Waals surface area contributed by atoms with E-state index in [2.05, 4.69) is 5.32 Å². The Balaban J connectivity index is 2.39. The fourth-order valence-corrected chi connectivity index (χ4v) is 2.65. The van der Waals surface area contributed by atoms with Gasteiger partial charge in [0.15, 0.2) is 0 Å². The number of imide groups is 1. The summed E-state index contributed by atoms with van der Waals surface area (Å²) in [5.41, 5.74) is -6.58. The molecule has 1 fully saturated rings. The van der Waals surface area contributed by atoms with Crippen molar-refractivity contribution in [1.82, 2.24) is 5.32 Å². The van der Waals surface area contributed by atoms with Crippen LogP contribution in [0.25, 0.3) is 0 Å². The Morgan fingerprint density at radius 1 is 1.09 bits per heavy atom. The first-order valence-corrected chi connectivity index (χ1v) is 7.44. The highest BCUT2D eigenvalue weighted by Crippen LogP contribution is 2.32. The van der Waals surface area contributed by atoms with Crippen molar-refractivity contribution in [3.8, 4) is 0 Å². The highest BCUT2D eigenvalue weighted by molar-refractivity contribution is 7.92. The zero-order valence-corrected chi connectivity index (χ0v) is 12.2. The Bertz CT molecular complexity index is 739. The molecule has 1 aliphatic heterocycles. The Morgan fingerprint density at radius 3 is 1.95 bits per heavy atom. The van der Waals surface area contributed by atoms with E-state index < -0.39 is 37.7 Å². The van der Waals surface area contributed by atoms with E-state index in [9.17, 15) is 31.2 Å². The third kappa shape index (κ3) is 2.43. The van der Waals surface area contributed by atoms with Gasteiger partial charge < -0.3 is 5.32 Å². The van der Waals surface area contributed by atoms with Crippen molar-refractivity contribution in [3.05, 3.63) is 24.3 Å². The van der Waals surface area contributed by atoms with E-state index in [1.54, 1.807) is 0 Å². The molecule has 0 aliphatic carbocycles. The van der Waals surface area contributed by atoms with Gasteiger partial charge in [0.1, 0.15) is 5.54 Å². The topological polar surface area (TPSA) is 83.6 Å². The summed E-state index contributed by atoms with van der Waals surface area (Å²) < 4.78 is 59.8. The molecule has 1 N–H and O–H groups in total. The number of carbonyl (C=O) groups excluding carboxylic acids is 2. The highest BCUT2D eigenvalue weighted by atomic mass is 32.2. The minimum atomic E-state index is -5.47. The molecule has 2 rings (SSSR count). The molecule has 0 aromatic heterocycles. The first kappa shape index (κ1) is 16.3. The van der Waals surface area contributed by atoms with Crippen molar-refractivity contribution in [1.29, 1.82) is 0 Å². The number of carbonyl (C=O) groups is 2. The van der Waals surface area contributed by atoms with Crippen LogP contribution in [0.4, 0.5) is 23.7 Å². The van der Waals surface area contributed by atoms with Gasteiger partial charge in [0.25, 0.3) is 15.7 Å². The molecule has 0 atom stereocenters. The van der Waals surface area contributed by atoms with E-state index in [0.29, 0.717) is 12.1 Å². The van der Waals surface area contributed by atoms with Gasteiger partial charge >= 0.3 is 11.5 Å². The van der Waals surface area contributed by atoms with Crippen LogP contribution in [-0.4, -0.2) is 31.4 Å². The molecular weight excluding hydrogens is 325 g/mol. The molecular formula is C12H11F3N2O4S. The number of urea groups is 1. The molecule has 0 spiro atoms. The van der Waals surface area contributed by atoms with Crippen LogP contribution in [0.1, 0.15) is 13.8 Å². The Kier molecular flexibility index (Phi) is 3.48. The number of halogens is 3. The molecule has 0 radical (unpaired) electrons. The SMILES string of the molecule is CC1(C)NC(=O)N(c2ccc(S(=O)(=O)C(F)(F)F)cc2)C1=O. The second kappa shape index (κ2) is 4.70. The lowest BCUT2D eigenvalue weighted by molar-refractivity contribution is -0.121. The van der Waals surface area contributed by atoms with Crippen LogP contribution < -0.4 is 10.2 Å². The molecule has 1 aliphatic rings. The van der Waals surface area contributed by atoms with E-state index >= 15 is 0 Å². The summed E-state index contributed by atoms with van der Waals surface area (Å²) in [5, 5.41) is 2.40. The van der Waals surface area contributed by atoms with Gasteiger partial charge in [0.05, 0.1) is 10.6 Å². The third-order valence-corrected chi connectivity index (χ3v) is 4.57. The van der Waals surface area contributed by atoms with Crippen LogP contribution in [0.3, 0.4) is 0 Å². The Labute approximate surface area is 123 Å². The molecule has 1 aromatic carbocycles. The second-order valence-corrected chi connectivity index (χ2v) is 7.08. The minimum Gasteiger partial charge on any atom is -0.323 e. The van der Waals surface area contributed by atoms with Gasteiger partial charge in [-0.1, -0.05) is 0 Å². The zero-order chi connectivity index (χ0) is 16.9. The normalized spacial score (nSPS) is 18.5. The number of benzene rings is 1. The maximum atomic E-state index is 12.4. The molecule has 0 bridgehead atoms. The molecule has 0 unspecified atom stereocenters. The lowest BCUT2D eigenvalue weighted by atomic mass is 10.1. The number of nitrogens with zero attached hydrogens (tertiary/aromatic N) is 1. The van der Waals surface area contributed by atoms with Crippen molar-refractivity contribution in [2.45, 2.75) is 29.8 Å². The molecule has 0 saturated carbocycles. The van der Waals surface area contributed by atoms with E-state index in [1.165, 1.54) is 13.8 Å². The summed E-state index contributed by atoms with van der Waals surface area (Å²) in [4.78, 5) is 23.5. The van der Waals surface area contributed by atoms with Gasteiger partial charge in [-0.25, -0.2) is 18.1 Å². The molecule has 120 valence electrons. The van der Waals surface area contributed by atoms with Gasteiger partial charge in [0, 0.05) is 0 Å². The predicted molar refractivity (Wildman–Crippen MR) is 69.8 cm³/mol. The number of sulfone groups is 1. The van der Waals surface area contributed by atoms with Crippen molar-refractivity contribution in [3.63, 3.8) is 0 Å². The molecule has 1 heterocycles. The zero-order valence-electron chi connectivity index (χ0n) is 11.4. The van der Waals surface area contributed by atoms with E-state index in [1.807, 2.05) is 0 Å². The van der Waals surface area contributed by atoms with Crippen LogP contribution in [0, 0.1) is 0 Å². The van der Waals surface area contributed by atoms with Gasteiger partial charge in [-0.15, -0.1) is 0 Å². The van der Waals surface area contributed by atoms with Gasteiger partial charge in [-0.3, -0.25) is 4.79 Å². The van der Waals surface area contributed by atoms with Crippen LogP contribution in [0.5, 0.6) is 0 Å². The first-order chi connectivity index (χ1) is 9.88. The number of nitrogens with one attached hydrogen (secondary N) is 1. The molecule has 3 amide bonds. The predicted octanol–water partition coefficient (Wildman–Crippen LogP) is 1.81. The maximum Gasteiger partial charge on any atom is 0.501 e. The van der Waals surface area contributed by atoms with Crippen molar-refractivity contribution >= 4 is 27.5 Å². The highest BCUT2D eigenvalue weighted by Gasteiger charge is 2.47.